The van der Waals surface area contributed by atoms with Crippen molar-refractivity contribution in [1.82, 2.24) is 24.8 Å². The average Bonchev–Trinajstić information content (AvgIpc) is 3.32. The van der Waals surface area contributed by atoms with Crippen LogP contribution in [0.4, 0.5) is 5.82 Å². The second-order valence-electron chi connectivity index (χ2n) is 7.08. The Morgan fingerprint density at radius 1 is 1.10 bits per heavy atom. The van der Waals surface area contributed by atoms with Gasteiger partial charge in [0.25, 0.3) is 5.91 Å². The van der Waals surface area contributed by atoms with Crippen LogP contribution >= 0.6 is 11.3 Å². The molecule has 0 bridgehead atoms. The highest BCUT2D eigenvalue weighted by Crippen LogP contribution is 2.22. The molecule has 9 nitrogen and oxygen atoms in total. The van der Waals surface area contributed by atoms with Gasteiger partial charge < -0.3 is 10.2 Å². The van der Waals surface area contributed by atoms with Gasteiger partial charge in [-0.25, -0.2) is 8.42 Å². The number of nitrogens with one attached hydrogen (secondary N) is 1. The molecule has 11 heteroatoms. The first kappa shape index (κ1) is 21.3. The van der Waals surface area contributed by atoms with E-state index in [0.29, 0.717) is 43.4 Å². The molecule has 1 fully saturated rings. The molecule has 0 spiro atoms. The maximum Gasteiger partial charge on any atom is 0.272 e. The molecule has 0 unspecified atom stereocenters. The van der Waals surface area contributed by atoms with E-state index in [1.54, 1.807) is 49.0 Å². The Hall–Kier alpha value is -2.89. The Morgan fingerprint density at radius 2 is 1.87 bits per heavy atom. The van der Waals surface area contributed by atoms with Gasteiger partial charge in [-0.15, -0.1) is 21.5 Å². The van der Waals surface area contributed by atoms with Crippen LogP contribution in [0, 0.1) is 6.92 Å². The van der Waals surface area contributed by atoms with E-state index in [4.69, 9.17) is 0 Å². The van der Waals surface area contributed by atoms with Gasteiger partial charge in [-0.2, -0.15) is 4.31 Å². The molecule has 3 heterocycles. The van der Waals surface area contributed by atoms with Crippen molar-refractivity contribution in [1.29, 1.82) is 0 Å². The highest BCUT2D eigenvalue weighted by molar-refractivity contribution is 7.89. The lowest BCUT2D eigenvalue weighted by Gasteiger charge is -2.34. The third-order valence-corrected chi connectivity index (χ3v) is 7.90. The lowest BCUT2D eigenvalue weighted by molar-refractivity contribution is 0.0945. The number of benzene rings is 1. The average molecular weight is 459 g/mol. The van der Waals surface area contributed by atoms with E-state index in [1.165, 1.54) is 15.6 Å². The molecule has 0 radical (unpaired) electrons. The summed E-state index contributed by atoms with van der Waals surface area (Å²) in [6.07, 6.45) is 1.71. The Kier molecular flexibility index (Phi) is 6.25. The maximum atomic E-state index is 12.9. The number of carbonyl (C=O) groups excluding carboxylic acids is 1. The molecule has 0 saturated carbocycles. The zero-order chi connectivity index (χ0) is 21.8. The Morgan fingerprint density at radius 3 is 2.52 bits per heavy atom. The van der Waals surface area contributed by atoms with Crippen LogP contribution in [-0.4, -0.2) is 60.0 Å². The SMILES string of the molecule is Cc1ccccc1S(=O)(=O)N1CCN(c2ccc(C(=O)NCc3cncs3)nn2)CC1. The molecular weight excluding hydrogens is 436 g/mol. The third kappa shape index (κ3) is 4.73. The molecule has 0 aliphatic carbocycles. The van der Waals surface area contributed by atoms with Crippen LogP contribution in [0.2, 0.25) is 0 Å². The molecule has 1 saturated heterocycles. The van der Waals surface area contributed by atoms with Crippen LogP contribution < -0.4 is 10.2 Å². The van der Waals surface area contributed by atoms with E-state index >= 15 is 0 Å². The van der Waals surface area contributed by atoms with Crippen molar-refractivity contribution in [3.8, 4) is 0 Å². The molecule has 1 amide bonds. The van der Waals surface area contributed by atoms with Crippen molar-refractivity contribution in [3.05, 3.63) is 64.2 Å². The van der Waals surface area contributed by atoms with Crippen molar-refractivity contribution in [2.24, 2.45) is 0 Å². The summed E-state index contributed by atoms with van der Waals surface area (Å²) in [5.74, 6) is 0.313. The van der Waals surface area contributed by atoms with Gasteiger partial charge in [-0.05, 0) is 30.7 Å². The van der Waals surface area contributed by atoms with Crippen LogP contribution in [-0.2, 0) is 16.6 Å². The quantitative estimate of drug-likeness (QED) is 0.599. The lowest BCUT2D eigenvalue weighted by Crippen LogP contribution is -2.49. The molecule has 31 heavy (non-hydrogen) atoms. The van der Waals surface area contributed by atoms with Gasteiger partial charge >= 0.3 is 0 Å². The summed E-state index contributed by atoms with van der Waals surface area (Å²) in [7, 11) is -3.53. The van der Waals surface area contributed by atoms with Crippen molar-refractivity contribution in [2.75, 3.05) is 31.1 Å². The van der Waals surface area contributed by atoms with Crippen LogP contribution in [0.5, 0.6) is 0 Å². The standard InChI is InChI=1S/C20H22N6O3S2/c1-15-4-2-3-5-18(15)31(28,29)26-10-8-25(9-11-26)19-7-6-17(23-24-19)20(27)22-13-16-12-21-14-30-16/h2-7,12,14H,8-11,13H2,1H3,(H,22,27). The normalized spacial score (nSPS) is 15.1. The van der Waals surface area contributed by atoms with Gasteiger partial charge in [-0.1, -0.05) is 18.2 Å². The molecule has 0 atom stereocenters. The number of anilines is 1. The number of hydrogen-bond donors (Lipinski definition) is 1. The summed E-state index contributed by atoms with van der Waals surface area (Å²) < 4.78 is 27.4. The van der Waals surface area contributed by atoms with Gasteiger partial charge in [0, 0.05) is 37.3 Å². The number of sulfonamides is 1. The van der Waals surface area contributed by atoms with Gasteiger partial charge in [0.2, 0.25) is 10.0 Å². The molecular formula is C20H22N6O3S2. The van der Waals surface area contributed by atoms with Crippen molar-refractivity contribution in [2.45, 2.75) is 18.4 Å². The van der Waals surface area contributed by atoms with Crippen LogP contribution in [0.1, 0.15) is 20.9 Å². The summed E-state index contributed by atoms with van der Waals surface area (Å²) in [5, 5.41) is 11.0. The third-order valence-electron chi connectivity index (χ3n) is 5.06. The predicted octanol–water partition coefficient (Wildman–Crippen LogP) is 1.68. The van der Waals surface area contributed by atoms with E-state index in [0.717, 1.165) is 10.4 Å². The summed E-state index contributed by atoms with van der Waals surface area (Å²) in [4.78, 5) is 19.5. The second kappa shape index (κ2) is 9.08. The molecule has 2 aromatic heterocycles. The number of rotatable bonds is 6. The molecule has 4 rings (SSSR count). The zero-order valence-electron chi connectivity index (χ0n) is 16.9. The zero-order valence-corrected chi connectivity index (χ0v) is 18.6. The van der Waals surface area contributed by atoms with E-state index in [1.807, 2.05) is 11.0 Å². The van der Waals surface area contributed by atoms with Gasteiger partial charge in [-0.3, -0.25) is 9.78 Å². The lowest BCUT2D eigenvalue weighted by atomic mass is 10.2. The Labute approximate surface area is 184 Å². The molecule has 1 aliphatic rings. The largest absolute Gasteiger partial charge is 0.352 e. The predicted molar refractivity (Wildman–Crippen MR) is 117 cm³/mol. The topological polar surface area (TPSA) is 108 Å². The van der Waals surface area contributed by atoms with E-state index in [9.17, 15) is 13.2 Å². The van der Waals surface area contributed by atoms with Crippen LogP contribution in [0.25, 0.3) is 0 Å². The maximum absolute atomic E-state index is 12.9. The molecule has 1 N–H and O–H groups in total. The number of nitrogens with zero attached hydrogens (tertiary/aromatic N) is 5. The van der Waals surface area contributed by atoms with E-state index in [-0.39, 0.29) is 11.6 Å². The smallest absolute Gasteiger partial charge is 0.272 e. The molecule has 1 aromatic carbocycles. The minimum absolute atomic E-state index is 0.231. The number of aromatic nitrogens is 3. The monoisotopic (exact) mass is 458 g/mol. The molecule has 3 aromatic rings. The number of amides is 1. The summed E-state index contributed by atoms with van der Waals surface area (Å²) in [5.41, 5.74) is 2.68. The van der Waals surface area contributed by atoms with Crippen LogP contribution in [0.3, 0.4) is 0 Å². The van der Waals surface area contributed by atoms with Crippen LogP contribution in [0.15, 0.2) is 53.0 Å². The van der Waals surface area contributed by atoms with E-state index in [2.05, 4.69) is 20.5 Å². The van der Waals surface area contributed by atoms with Gasteiger partial charge in [0.05, 0.1) is 17.0 Å². The Bertz CT molecular complexity index is 1140. The first-order chi connectivity index (χ1) is 14.9. The number of thiazole rings is 1. The van der Waals surface area contributed by atoms with Gasteiger partial charge in [0.1, 0.15) is 0 Å². The number of aryl methyl sites for hydroxylation is 1. The number of hydrogen-bond acceptors (Lipinski definition) is 8. The minimum atomic E-state index is -3.53. The first-order valence-corrected chi connectivity index (χ1v) is 12.1. The fourth-order valence-electron chi connectivity index (χ4n) is 3.34. The van der Waals surface area contributed by atoms with Gasteiger partial charge in [0.15, 0.2) is 11.5 Å². The highest BCUT2D eigenvalue weighted by atomic mass is 32.2. The van der Waals surface area contributed by atoms with Crippen molar-refractivity contribution in [3.63, 3.8) is 0 Å². The fraction of sp³-hybridized carbons (Fsp3) is 0.300. The first-order valence-electron chi connectivity index (χ1n) is 9.75. The number of carbonyl (C=O) groups is 1. The Balaban J connectivity index is 1.35. The summed E-state index contributed by atoms with van der Waals surface area (Å²) >= 11 is 1.47. The van der Waals surface area contributed by atoms with Crippen molar-refractivity contribution >= 4 is 33.1 Å². The molecule has 1 aliphatic heterocycles. The minimum Gasteiger partial charge on any atom is -0.352 e. The highest BCUT2D eigenvalue weighted by Gasteiger charge is 2.30. The number of piperazine rings is 1. The second-order valence-corrected chi connectivity index (χ2v) is 9.96. The molecule has 162 valence electrons. The summed E-state index contributed by atoms with van der Waals surface area (Å²) in [6.45, 7) is 3.90. The fourth-order valence-corrected chi connectivity index (χ4v) is 5.53. The summed E-state index contributed by atoms with van der Waals surface area (Å²) in [6, 6.07) is 10.4. The van der Waals surface area contributed by atoms with Crippen molar-refractivity contribution < 1.29 is 13.2 Å². The van der Waals surface area contributed by atoms with E-state index < -0.39 is 10.0 Å².